The molecule has 5 nitrogen and oxygen atoms in total. The summed E-state index contributed by atoms with van der Waals surface area (Å²) in [5.74, 6) is -0.163. The number of urea groups is 1. The molecule has 1 fully saturated rings. The van der Waals surface area contributed by atoms with Crippen LogP contribution in [0.4, 0.5) is 4.79 Å². The maximum Gasteiger partial charge on any atom is 0.315 e. The lowest BCUT2D eigenvalue weighted by atomic mass is 10.0. The second kappa shape index (κ2) is 6.61. The summed E-state index contributed by atoms with van der Waals surface area (Å²) in [5, 5.41) is 14.2. The lowest BCUT2D eigenvalue weighted by Crippen LogP contribution is -2.49. The van der Waals surface area contributed by atoms with Gasteiger partial charge in [-0.15, -0.1) is 0 Å². The first kappa shape index (κ1) is 14.8. The normalized spacial score (nSPS) is 16.6. The lowest BCUT2D eigenvalue weighted by Gasteiger charge is -2.24. The fourth-order valence-corrected chi connectivity index (χ4v) is 2.46. The maximum atomic E-state index is 11.6. The van der Waals surface area contributed by atoms with Crippen LogP contribution in [0, 0.1) is 5.92 Å². The van der Waals surface area contributed by atoms with E-state index in [1.165, 1.54) is 25.7 Å². The molecule has 0 atom stereocenters. The summed E-state index contributed by atoms with van der Waals surface area (Å²) >= 11 is 0. The van der Waals surface area contributed by atoms with E-state index in [2.05, 4.69) is 10.6 Å². The average Bonchev–Trinajstić information content (AvgIpc) is 2.66. The van der Waals surface area contributed by atoms with Crippen LogP contribution < -0.4 is 10.6 Å². The van der Waals surface area contributed by atoms with Crippen molar-refractivity contribution in [3.63, 3.8) is 0 Å². The number of carboxylic acid groups (broad SMARTS) is 1. The van der Waals surface area contributed by atoms with Gasteiger partial charge in [-0.3, -0.25) is 4.79 Å². The van der Waals surface area contributed by atoms with Crippen molar-refractivity contribution >= 4 is 12.0 Å². The van der Waals surface area contributed by atoms with E-state index in [4.69, 9.17) is 5.11 Å². The highest BCUT2D eigenvalue weighted by Crippen LogP contribution is 2.26. The van der Waals surface area contributed by atoms with Crippen LogP contribution in [0.15, 0.2) is 0 Å². The van der Waals surface area contributed by atoms with E-state index in [0.29, 0.717) is 6.54 Å². The number of carbonyl (C=O) groups excluding carboxylic acids is 1. The highest BCUT2D eigenvalue weighted by molar-refractivity contribution is 5.76. The molecule has 1 saturated carbocycles. The highest BCUT2D eigenvalue weighted by atomic mass is 16.4. The minimum atomic E-state index is -0.911. The van der Waals surface area contributed by atoms with E-state index in [-0.39, 0.29) is 12.5 Å². The van der Waals surface area contributed by atoms with Crippen LogP contribution in [0.3, 0.4) is 0 Å². The molecule has 1 aliphatic carbocycles. The number of aliphatic carboxylic acids is 1. The predicted octanol–water partition coefficient (Wildman–Crippen LogP) is 2.12. The first-order valence-electron chi connectivity index (χ1n) is 6.67. The Kier molecular flexibility index (Phi) is 5.44. The molecule has 2 amide bonds. The van der Waals surface area contributed by atoms with E-state index in [0.717, 1.165) is 12.3 Å². The van der Waals surface area contributed by atoms with Crippen molar-refractivity contribution in [1.82, 2.24) is 10.6 Å². The van der Waals surface area contributed by atoms with E-state index in [1.54, 1.807) is 13.8 Å². The molecular weight excluding hydrogens is 232 g/mol. The van der Waals surface area contributed by atoms with Crippen LogP contribution in [0.2, 0.25) is 0 Å². The Morgan fingerprint density at radius 2 is 1.89 bits per heavy atom. The lowest BCUT2D eigenvalue weighted by molar-refractivity contribution is -0.138. The van der Waals surface area contributed by atoms with Gasteiger partial charge in [0.25, 0.3) is 0 Å². The third-order valence-electron chi connectivity index (χ3n) is 3.36. The first-order chi connectivity index (χ1) is 8.39. The van der Waals surface area contributed by atoms with Gasteiger partial charge in [0, 0.05) is 12.1 Å². The number of hydrogen-bond donors (Lipinski definition) is 3. The Bertz CT molecular complexity index is 297. The number of nitrogens with one attached hydrogen (secondary N) is 2. The fraction of sp³-hybridized carbons (Fsp3) is 0.846. The molecule has 1 aliphatic rings. The summed E-state index contributed by atoms with van der Waals surface area (Å²) in [4.78, 5) is 22.2. The predicted molar refractivity (Wildman–Crippen MR) is 69.4 cm³/mol. The topological polar surface area (TPSA) is 78.4 Å². The van der Waals surface area contributed by atoms with Crippen molar-refractivity contribution < 1.29 is 14.7 Å². The molecule has 0 bridgehead atoms. The molecule has 0 aliphatic heterocycles. The molecule has 0 radical (unpaired) electrons. The summed E-state index contributed by atoms with van der Waals surface area (Å²) in [5.41, 5.74) is -0.719. The van der Waals surface area contributed by atoms with Crippen molar-refractivity contribution in [1.29, 1.82) is 0 Å². The molecule has 0 aromatic carbocycles. The molecule has 0 saturated heterocycles. The van der Waals surface area contributed by atoms with Crippen molar-refractivity contribution in [3.8, 4) is 0 Å². The van der Waals surface area contributed by atoms with E-state index in [9.17, 15) is 9.59 Å². The second-order valence-corrected chi connectivity index (χ2v) is 5.77. The van der Waals surface area contributed by atoms with Crippen molar-refractivity contribution in [2.75, 3.05) is 6.54 Å². The van der Waals surface area contributed by atoms with Gasteiger partial charge in [-0.05, 0) is 26.2 Å². The standard InChI is InChI=1S/C13H24N2O3/c1-13(2,9-11(16)17)15-12(18)14-8-7-10-5-3-4-6-10/h10H,3-9H2,1-2H3,(H,16,17)(H2,14,15,18). The summed E-state index contributed by atoms with van der Waals surface area (Å²) in [6, 6.07) is -0.278. The zero-order valence-corrected chi connectivity index (χ0v) is 11.3. The van der Waals surface area contributed by atoms with Crippen LogP contribution in [-0.2, 0) is 4.79 Å². The number of carboxylic acids is 1. The van der Waals surface area contributed by atoms with Crippen LogP contribution in [0.25, 0.3) is 0 Å². The number of hydrogen-bond acceptors (Lipinski definition) is 2. The SMILES string of the molecule is CC(C)(CC(=O)O)NC(=O)NCCC1CCCC1. The Labute approximate surface area is 108 Å². The molecule has 0 unspecified atom stereocenters. The van der Waals surface area contributed by atoms with E-state index < -0.39 is 11.5 Å². The van der Waals surface area contributed by atoms with Gasteiger partial charge in [-0.2, -0.15) is 0 Å². The van der Waals surface area contributed by atoms with Gasteiger partial charge in [0.05, 0.1) is 6.42 Å². The van der Waals surface area contributed by atoms with Gasteiger partial charge in [0.2, 0.25) is 0 Å². The van der Waals surface area contributed by atoms with Crippen LogP contribution in [0.1, 0.15) is 52.4 Å². The van der Waals surface area contributed by atoms with Gasteiger partial charge in [0.1, 0.15) is 0 Å². The largest absolute Gasteiger partial charge is 0.481 e. The van der Waals surface area contributed by atoms with Gasteiger partial charge in [0.15, 0.2) is 0 Å². The highest BCUT2D eigenvalue weighted by Gasteiger charge is 2.23. The van der Waals surface area contributed by atoms with Crippen LogP contribution in [0.5, 0.6) is 0 Å². The van der Waals surface area contributed by atoms with Crippen molar-refractivity contribution in [3.05, 3.63) is 0 Å². The van der Waals surface area contributed by atoms with Gasteiger partial charge in [-0.25, -0.2) is 4.79 Å². The van der Waals surface area contributed by atoms with Crippen LogP contribution >= 0.6 is 0 Å². The van der Waals surface area contributed by atoms with Crippen molar-refractivity contribution in [2.45, 2.75) is 57.9 Å². The van der Waals surface area contributed by atoms with E-state index in [1.807, 2.05) is 0 Å². The molecule has 5 heteroatoms. The Balaban J connectivity index is 2.17. The summed E-state index contributed by atoms with van der Waals surface area (Å²) in [6.07, 6.45) is 6.10. The molecular formula is C13H24N2O3. The Morgan fingerprint density at radius 1 is 1.28 bits per heavy atom. The Hall–Kier alpha value is -1.26. The second-order valence-electron chi connectivity index (χ2n) is 5.77. The molecule has 3 N–H and O–H groups in total. The minimum Gasteiger partial charge on any atom is -0.481 e. The van der Waals surface area contributed by atoms with E-state index >= 15 is 0 Å². The van der Waals surface area contributed by atoms with Crippen molar-refractivity contribution in [2.24, 2.45) is 5.92 Å². The Morgan fingerprint density at radius 3 is 2.44 bits per heavy atom. The maximum absolute atomic E-state index is 11.6. The zero-order chi connectivity index (χ0) is 13.6. The third-order valence-corrected chi connectivity index (χ3v) is 3.36. The average molecular weight is 256 g/mol. The molecule has 1 rings (SSSR count). The van der Waals surface area contributed by atoms with Gasteiger partial charge >= 0.3 is 12.0 Å². The molecule has 0 spiro atoms. The number of carbonyl (C=O) groups is 2. The summed E-state index contributed by atoms with van der Waals surface area (Å²) in [7, 11) is 0. The molecule has 0 aromatic heterocycles. The molecule has 0 heterocycles. The molecule has 0 aromatic rings. The monoisotopic (exact) mass is 256 g/mol. The van der Waals surface area contributed by atoms with Gasteiger partial charge < -0.3 is 15.7 Å². The third kappa shape index (κ3) is 5.89. The van der Waals surface area contributed by atoms with Gasteiger partial charge in [-0.1, -0.05) is 25.7 Å². The zero-order valence-electron chi connectivity index (χ0n) is 11.3. The number of amides is 2. The smallest absolute Gasteiger partial charge is 0.315 e. The summed E-state index contributed by atoms with van der Waals surface area (Å²) < 4.78 is 0. The molecule has 18 heavy (non-hydrogen) atoms. The summed E-state index contributed by atoms with van der Waals surface area (Å²) in [6.45, 7) is 4.08. The first-order valence-corrected chi connectivity index (χ1v) is 6.67. The fourth-order valence-electron chi connectivity index (χ4n) is 2.46. The molecule has 104 valence electrons. The minimum absolute atomic E-state index is 0.0803. The number of rotatable bonds is 6. The quantitative estimate of drug-likeness (QED) is 0.681. The van der Waals surface area contributed by atoms with Crippen LogP contribution in [-0.4, -0.2) is 29.2 Å².